The summed E-state index contributed by atoms with van der Waals surface area (Å²) in [5.74, 6) is -1.71. The highest BCUT2D eigenvalue weighted by molar-refractivity contribution is 5.92. The minimum absolute atomic E-state index is 0.0357. The fourth-order valence-electron chi connectivity index (χ4n) is 5.24. The standard InChI is InChI=1S/C32H39F4N7O6/c1-31(2,3)49-30(47)39-23-8-5-7-21(15-23)28(45)38-24-11-13-42(27(44)16-24)12-10-22(33)18-43-19-26(40-41-43)29(46)37-17-20-6-4-9-25(14-20)48-32(34,35)36/h4,6,9,11,13-14,16,19,21-23H,5,7-8,10,12,15,17-18H2,1-3H3,(H,37,46)(H,38,45)(H,39,47)/t21-,22?,23-/m1/s1. The predicted octanol–water partition coefficient (Wildman–Crippen LogP) is 4.72. The largest absolute Gasteiger partial charge is 0.573 e. The van der Waals surface area contributed by atoms with E-state index in [1.807, 2.05) is 0 Å². The summed E-state index contributed by atoms with van der Waals surface area (Å²) in [5, 5.41) is 15.6. The average Bonchev–Trinajstić information content (AvgIpc) is 3.46. The van der Waals surface area contributed by atoms with Gasteiger partial charge in [0.05, 0.1) is 12.7 Å². The molecular weight excluding hydrogens is 654 g/mol. The smallest absolute Gasteiger partial charge is 0.444 e. The molecule has 266 valence electrons. The first-order valence-corrected chi connectivity index (χ1v) is 15.7. The van der Waals surface area contributed by atoms with Gasteiger partial charge < -0.3 is 30.0 Å². The Balaban J connectivity index is 1.21. The molecule has 3 aromatic rings. The molecular formula is C32H39F4N7O6. The molecule has 0 radical (unpaired) electrons. The number of alkyl halides is 4. The minimum atomic E-state index is -4.85. The number of benzene rings is 1. The van der Waals surface area contributed by atoms with Gasteiger partial charge >= 0.3 is 12.5 Å². The van der Waals surface area contributed by atoms with Gasteiger partial charge in [-0.1, -0.05) is 23.8 Å². The van der Waals surface area contributed by atoms with Gasteiger partial charge in [0.2, 0.25) is 5.91 Å². The van der Waals surface area contributed by atoms with Crippen molar-refractivity contribution in [1.29, 1.82) is 0 Å². The van der Waals surface area contributed by atoms with Gasteiger partial charge in [-0.25, -0.2) is 13.9 Å². The average molecular weight is 694 g/mol. The number of nitrogens with zero attached hydrogens (tertiary/aromatic N) is 4. The number of carbonyl (C=O) groups is 3. The number of hydrogen-bond acceptors (Lipinski definition) is 8. The van der Waals surface area contributed by atoms with Crippen LogP contribution in [0.25, 0.3) is 0 Å². The van der Waals surface area contributed by atoms with E-state index in [4.69, 9.17) is 4.74 Å². The van der Waals surface area contributed by atoms with Crippen LogP contribution >= 0.6 is 0 Å². The third-order valence-electron chi connectivity index (χ3n) is 7.45. The second-order valence-corrected chi connectivity index (χ2v) is 12.7. The molecule has 13 nitrogen and oxygen atoms in total. The van der Waals surface area contributed by atoms with Crippen molar-refractivity contribution in [3.8, 4) is 5.75 Å². The first-order valence-electron chi connectivity index (χ1n) is 15.7. The number of amides is 3. The van der Waals surface area contributed by atoms with Crippen molar-refractivity contribution in [2.75, 3.05) is 5.32 Å². The highest BCUT2D eigenvalue weighted by atomic mass is 19.4. The molecule has 2 heterocycles. The van der Waals surface area contributed by atoms with Crippen LogP contribution in [0.1, 0.15) is 68.9 Å². The number of alkyl carbamates (subject to hydrolysis) is 1. The van der Waals surface area contributed by atoms with E-state index in [0.717, 1.165) is 29.7 Å². The van der Waals surface area contributed by atoms with Gasteiger partial charge in [0.1, 0.15) is 17.5 Å². The molecule has 1 saturated carbocycles. The van der Waals surface area contributed by atoms with Crippen molar-refractivity contribution in [2.45, 2.75) is 96.7 Å². The first-order chi connectivity index (χ1) is 23.0. The Labute approximate surface area is 279 Å². The molecule has 1 aliphatic carbocycles. The highest BCUT2D eigenvalue weighted by Gasteiger charge is 2.31. The number of halogens is 4. The van der Waals surface area contributed by atoms with E-state index in [1.165, 1.54) is 35.2 Å². The molecule has 1 aliphatic rings. The quantitative estimate of drug-likeness (QED) is 0.230. The fourth-order valence-corrected chi connectivity index (χ4v) is 5.24. The molecule has 0 aliphatic heterocycles. The number of anilines is 1. The lowest BCUT2D eigenvalue weighted by Gasteiger charge is -2.30. The summed E-state index contributed by atoms with van der Waals surface area (Å²) in [4.78, 5) is 50.2. The molecule has 0 bridgehead atoms. The second-order valence-electron chi connectivity index (χ2n) is 12.7. The summed E-state index contributed by atoms with van der Waals surface area (Å²) in [6.45, 7) is 4.99. The van der Waals surface area contributed by atoms with E-state index in [0.29, 0.717) is 24.1 Å². The molecule has 0 spiro atoms. The van der Waals surface area contributed by atoms with Crippen molar-refractivity contribution >= 4 is 23.6 Å². The van der Waals surface area contributed by atoms with Gasteiger partial charge in [-0.3, -0.25) is 14.4 Å². The van der Waals surface area contributed by atoms with Crippen LogP contribution in [0, 0.1) is 5.92 Å². The predicted molar refractivity (Wildman–Crippen MR) is 168 cm³/mol. The number of carbonyl (C=O) groups excluding carboxylic acids is 3. The van der Waals surface area contributed by atoms with Crippen LogP contribution in [0.15, 0.2) is 53.6 Å². The van der Waals surface area contributed by atoms with Crippen LogP contribution in [-0.4, -0.2) is 61.6 Å². The van der Waals surface area contributed by atoms with Gasteiger partial charge in [-0.15, -0.1) is 18.3 Å². The number of rotatable bonds is 12. The summed E-state index contributed by atoms with van der Waals surface area (Å²) in [7, 11) is 0. The molecule has 1 aromatic carbocycles. The molecule has 4 rings (SSSR count). The monoisotopic (exact) mass is 693 g/mol. The Morgan fingerprint density at radius 3 is 2.59 bits per heavy atom. The molecule has 1 unspecified atom stereocenters. The Morgan fingerprint density at radius 1 is 1.10 bits per heavy atom. The van der Waals surface area contributed by atoms with E-state index in [2.05, 4.69) is 31.0 Å². The maximum atomic E-state index is 14.8. The summed E-state index contributed by atoms with van der Waals surface area (Å²) in [6, 6.07) is 7.72. The molecule has 17 heteroatoms. The van der Waals surface area contributed by atoms with Crippen LogP contribution in [0.2, 0.25) is 0 Å². The summed E-state index contributed by atoms with van der Waals surface area (Å²) in [6.07, 6.45) is -1.64. The lowest BCUT2D eigenvalue weighted by atomic mass is 9.85. The van der Waals surface area contributed by atoms with Crippen molar-refractivity contribution in [3.05, 3.63) is 70.4 Å². The van der Waals surface area contributed by atoms with Crippen LogP contribution in [0.5, 0.6) is 5.75 Å². The van der Waals surface area contributed by atoms with Gasteiger partial charge in [0.15, 0.2) is 5.69 Å². The van der Waals surface area contributed by atoms with Gasteiger partial charge in [0, 0.05) is 43.0 Å². The Kier molecular flexibility index (Phi) is 12.0. The van der Waals surface area contributed by atoms with E-state index >= 15 is 0 Å². The summed E-state index contributed by atoms with van der Waals surface area (Å²) < 4.78 is 63.8. The molecule has 3 atom stereocenters. The number of nitrogens with one attached hydrogen (secondary N) is 3. The van der Waals surface area contributed by atoms with Crippen LogP contribution in [0.4, 0.5) is 28.0 Å². The number of aromatic nitrogens is 4. The highest BCUT2D eigenvalue weighted by Crippen LogP contribution is 2.26. The van der Waals surface area contributed by atoms with E-state index in [1.54, 1.807) is 26.8 Å². The van der Waals surface area contributed by atoms with E-state index < -0.39 is 41.4 Å². The zero-order valence-corrected chi connectivity index (χ0v) is 27.3. The van der Waals surface area contributed by atoms with Crippen molar-refractivity contribution in [1.82, 2.24) is 30.2 Å². The van der Waals surface area contributed by atoms with Gasteiger partial charge in [0.25, 0.3) is 11.5 Å². The van der Waals surface area contributed by atoms with Crippen LogP contribution in [0.3, 0.4) is 0 Å². The lowest BCUT2D eigenvalue weighted by Crippen LogP contribution is -2.43. The number of ether oxygens (including phenoxy) is 2. The molecule has 49 heavy (non-hydrogen) atoms. The number of pyridine rings is 1. The van der Waals surface area contributed by atoms with E-state index in [9.17, 15) is 36.7 Å². The van der Waals surface area contributed by atoms with Crippen molar-refractivity contribution in [2.24, 2.45) is 5.92 Å². The molecule has 2 aromatic heterocycles. The summed E-state index contributed by atoms with van der Waals surface area (Å²) in [5.41, 5.74) is -0.531. The molecule has 3 amide bonds. The van der Waals surface area contributed by atoms with Crippen molar-refractivity contribution < 1.29 is 41.4 Å². The third-order valence-corrected chi connectivity index (χ3v) is 7.45. The Hall–Kier alpha value is -4.96. The molecule has 1 fully saturated rings. The number of aryl methyl sites for hydroxylation is 1. The fraction of sp³-hybridized carbons (Fsp3) is 0.500. The normalized spacial score (nSPS) is 17.1. The first kappa shape index (κ1) is 36.9. The SMILES string of the molecule is CC(C)(C)OC(=O)N[C@@H]1CCC[C@@H](C(=O)Nc2ccn(CCC(F)Cn3cc(C(=O)NCc4cccc(OC(F)(F)F)c4)nn3)c(=O)c2)C1. The zero-order valence-electron chi connectivity index (χ0n) is 27.3. The second kappa shape index (κ2) is 16.0. The minimum Gasteiger partial charge on any atom is -0.444 e. The topological polar surface area (TPSA) is 158 Å². The molecule has 0 saturated heterocycles. The maximum absolute atomic E-state index is 14.8. The number of hydrogen-bond donors (Lipinski definition) is 3. The van der Waals surface area contributed by atoms with Crippen molar-refractivity contribution in [3.63, 3.8) is 0 Å². The lowest BCUT2D eigenvalue weighted by molar-refractivity contribution is -0.274. The van der Waals surface area contributed by atoms with E-state index in [-0.39, 0.29) is 49.6 Å². The van der Waals surface area contributed by atoms with Gasteiger partial charge in [-0.05, 0) is 70.2 Å². The third kappa shape index (κ3) is 12.2. The van der Waals surface area contributed by atoms with Crippen LogP contribution in [-0.2, 0) is 29.2 Å². The summed E-state index contributed by atoms with van der Waals surface area (Å²) >= 11 is 0. The molecule has 3 N–H and O–H groups in total. The van der Waals surface area contributed by atoms with Crippen LogP contribution < -0.4 is 26.2 Å². The van der Waals surface area contributed by atoms with Gasteiger partial charge in [-0.2, -0.15) is 0 Å². The Bertz CT molecular complexity index is 1670. The maximum Gasteiger partial charge on any atom is 0.573 e. The zero-order chi connectivity index (χ0) is 35.8. The Morgan fingerprint density at radius 2 is 1.88 bits per heavy atom.